The van der Waals surface area contributed by atoms with Gasteiger partial charge in [0.25, 0.3) is 0 Å². The number of benzene rings is 1. The van der Waals surface area contributed by atoms with Crippen LogP contribution < -0.4 is 0 Å². The molecule has 2 fully saturated rings. The van der Waals surface area contributed by atoms with Crippen molar-refractivity contribution in [2.24, 2.45) is 5.41 Å². The number of hydrogen-bond acceptors (Lipinski definition) is 4. The Labute approximate surface area is 183 Å². The first-order valence-corrected chi connectivity index (χ1v) is 12.3. The number of piperidine rings is 1. The Bertz CT molecular complexity index is 1110. The highest BCUT2D eigenvalue weighted by Crippen LogP contribution is 2.43. The van der Waals surface area contributed by atoms with E-state index >= 15 is 0 Å². The van der Waals surface area contributed by atoms with Gasteiger partial charge >= 0.3 is 0 Å². The highest BCUT2D eigenvalue weighted by Gasteiger charge is 2.57. The zero-order chi connectivity index (χ0) is 22.4. The summed E-state index contributed by atoms with van der Waals surface area (Å²) in [6.45, 7) is 0.723. The van der Waals surface area contributed by atoms with Crippen LogP contribution in [0.3, 0.4) is 0 Å². The maximum Gasteiger partial charge on any atom is 0.231 e. The number of aryl methyl sites for hydroxylation is 1. The van der Waals surface area contributed by atoms with Crippen molar-refractivity contribution in [3.8, 4) is 0 Å². The monoisotopic (exact) mass is 446 g/mol. The number of carbonyl (C=O) groups excluding carboxylic acids is 2. The van der Waals surface area contributed by atoms with Crippen LogP contribution in [0.15, 0.2) is 30.5 Å². The van der Waals surface area contributed by atoms with Crippen LogP contribution in [-0.4, -0.2) is 85.3 Å². The summed E-state index contributed by atoms with van der Waals surface area (Å²) in [7, 11) is 1.57. The number of fused-ring (bicyclic) bond motifs is 2. The Hall–Kier alpha value is -2.39. The fourth-order valence-corrected chi connectivity index (χ4v) is 6.82. The maximum atomic E-state index is 13.2. The zero-order valence-electron chi connectivity index (χ0n) is 18.3. The van der Waals surface area contributed by atoms with Crippen LogP contribution >= 0.6 is 0 Å². The van der Waals surface area contributed by atoms with Gasteiger partial charge in [-0.05, 0) is 30.9 Å². The fraction of sp³-hybridized carbons (Fsp3) is 0.545. The first kappa shape index (κ1) is 21.8. The molecular weight excluding hydrogens is 416 g/mol. The molecule has 1 aromatic heterocycles. The molecule has 31 heavy (non-hydrogen) atoms. The first-order valence-electron chi connectivity index (χ1n) is 10.7. The van der Waals surface area contributed by atoms with Gasteiger partial charge in [0.1, 0.15) is 0 Å². The fourth-order valence-electron chi connectivity index (χ4n) is 5.22. The molecule has 0 saturated carbocycles. The molecule has 2 aliphatic heterocycles. The lowest BCUT2D eigenvalue weighted by Crippen LogP contribution is -2.67. The first-order chi connectivity index (χ1) is 14.7. The predicted molar refractivity (Wildman–Crippen MR) is 119 cm³/mol. The second kappa shape index (κ2) is 7.94. The lowest BCUT2D eigenvalue weighted by Gasteiger charge is -2.53. The van der Waals surface area contributed by atoms with E-state index in [0.717, 1.165) is 16.5 Å². The van der Waals surface area contributed by atoms with E-state index in [1.807, 2.05) is 30.5 Å². The molecule has 9 heteroatoms. The van der Waals surface area contributed by atoms with Crippen LogP contribution in [0.1, 0.15) is 24.8 Å². The molecule has 2 saturated heterocycles. The average molecular weight is 447 g/mol. The molecule has 0 aliphatic carbocycles. The number of nitrogens with zero attached hydrogens (tertiary/aromatic N) is 3. The van der Waals surface area contributed by atoms with Crippen molar-refractivity contribution in [3.63, 3.8) is 0 Å². The standard InChI is InChI=1S/C22H30N4O4S/c1-24(2)21(28)22-11-13-31(29,30)25(3)19(22)10-12-26(15-22)20(27)9-8-16-14-23-18-7-5-4-6-17(16)18/h4-7,14,19,23H,8-13,15H2,1-3H3/t19-,22+/m1/s1. The van der Waals surface area contributed by atoms with E-state index < -0.39 is 21.5 Å². The van der Waals surface area contributed by atoms with Crippen molar-refractivity contribution >= 4 is 32.7 Å². The topological polar surface area (TPSA) is 93.8 Å². The number of nitrogens with one attached hydrogen (secondary N) is 1. The number of H-pyrrole nitrogens is 1. The number of likely N-dealkylation sites (tertiary alicyclic amines) is 1. The minimum absolute atomic E-state index is 0.00532. The Morgan fingerprint density at radius 3 is 2.74 bits per heavy atom. The van der Waals surface area contributed by atoms with E-state index in [0.29, 0.717) is 25.8 Å². The normalized spacial score (nSPS) is 25.9. The number of rotatable bonds is 4. The SMILES string of the molecule is CN(C)C(=O)[C@]12CCS(=O)(=O)N(C)[C@@H]1CCN(C(=O)CCc1c[nH]c3ccccc13)C2. The molecule has 168 valence electrons. The molecule has 2 atom stereocenters. The van der Waals surface area contributed by atoms with Crippen LogP contribution in [0.5, 0.6) is 0 Å². The molecule has 1 N–H and O–H groups in total. The van der Waals surface area contributed by atoms with Gasteiger partial charge in [0.2, 0.25) is 21.8 Å². The summed E-state index contributed by atoms with van der Waals surface area (Å²) in [5.41, 5.74) is 1.26. The zero-order valence-corrected chi connectivity index (χ0v) is 19.1. The Kier molecular flexibility index (Phi) is 5.59. The maximum absolute atomic E-state index is 13.2. The van der Waals surface area contributed by atoms with Crippen molar-refractivity contribution in [1.82, 2.24) is 19.1 Å². The summed E-state index contributed by atoms with van der Waals surface area (Å²) in [6, 6.07) is 7.59. The second-order valence-electron chi connectivity index (χ2n) is 8.92. The van der Waals surface area contributed by atoms with Crippen LogP contribution in [0, 0.1) is 5.41 Å². The van der Waals surface area contributed by atoms with Crippen molar-refractivity contribution in [1.29, 1.82) is 0 Å². The number of hydrogen-bond donors (Lipinski definition) is 1. The van der Waals surface area contributed by atoms with Gasteiger partial charge in [0, 0.05) is 63.8 Å². The second-order valence-corrected chi connectivity index (χ2v) is 11.1. The lowest BCUT2D eigenvalue weighted by molar-refractivity contribution is -0.152. The number of amides is 2. The summed E-state index contributed by atoms with van der Waals surface area (Å²) < 4.78 is 26.3. The van der Waals surface area contributed by atoms with Gasteiger partial charge < -0.3 is 14.8 Å². The van der Waals surface area contributed by atoms with Gasteiger partial charge in [0.05, 0.1) is 11.2 Å². The molecule has 4 rings (SSSR count). The molecule has 8 nitrogen and oxygen atoms in total. The number of para-hydroxylation sites is 1. The highest BCUT2D eigenvalue weighted by atomic mass is 32.2. The molecule has 0 unspecified atom stereocenters. The molecule has 3 heterocycles. The van der Waals surface area contributed by atoms with Crippen molar-refractivity contribution in [2.45, 2.75) is 31.7 Å². The van der Waals surface area contributed by atoms with Crippen LogP contribution in [0.4, 0.5) is 0 Å². The van der Waals surface area contributed by atoms with E-state index in [9.17, 15) is 18.0 Å². The molecule has 2 aliphatic rings. The van der Waals surface area contributed by atoms with Gasteiger partial charge in [-0.3, -0.25) is 9.59 Å². The minimum atomic E-state index is -3.37. The third kappa shape index (κ3) is 3.74. The van der Waals surface area contributed by atoms with Crippen molar-refractivity contribution in [3.05, 3.63) is 36.0 Å². The largest absolute Gasteiger partial charge is 0.361 e. The van der Waals surface area contributed by atoms with E-state index in [2.05, 4.69) is 4.98 Å². The van der Waals surface area contributed by atoms with E-state index in [1.165, 1.54) is 9.21 Å². The van der Waals surface area contributed by atoms with Gasteiger partial charge in [0.15, 0.2) is 0 Å². The van der Waals surface area contributed by atoms with Gasteiger partial charge in [-0.1, -0.05) is 18.2 Å². The van der Waals surface area contributed by atoms with E-state index in [1.54, 1.807) is 26.0 Å². The smallest absolute Gasteiger partial charge is 0.231 e. The third-order valence-electron chi connectivity index (χ3n) is 6.94. The molecule has 2 amide bonds. The summed E-state index contributed by atoms with van der Waals surface area (Å²) in [4.78, 5) is 32.9. The van der Waals surface area contributed by atoms with Crippen LogP contribution in [-0.2, 0) is 26.0 Å². The van der Waals surface area contributed by atoms with Gasteiger partial charge in [-0.2, -0.15) is 0 Å². The highest BCUT2D eigenvalue weighted by molar-refractivity contribution is 7.89. The molecule has 0 radical (unpaired) electrons. The number of carbonyl (C=O) groups is 2. The van der Waals surface area contributed by atoms with Crippen LogP contribution in [0.2, 0.25) is 0 Å². The average Bonchev–Trinajstić information content (AvgIpc) is 3.17. The summed E-state index contributed by atoms with van der Waals surface area (Å²) in [5, 5.41) is 1.12. The van der Waals surface area contributed by atoms with E-state index in [-0.39, 0.29) is 30.5 Å². The molecule has 2 aromatic rings. The molecule has 0 bridgehead atoms. The van der Waals surface area contributed by atoms with Gasteiger partial charge in [-0.25, -0.2) is 12.7 Å². The van der Waals surface area contributed by atoms with Crippen molar-refractivity contribution < 1.29 is 18.0 Å². The summed E-state index contributed by atoms with van der Waals surface area (Å²) in [6.07, 6.45) is 3.63. The lowest BCUT2D eigenvalue weighted by atomic mass is 9.72. The number of aromatic amines is 1. The van der Waals surface area contributed by atoms with Gasteiger partial charge in [-0.15, -0.1) is 0 Å². The molecule has 1 aromatic carbocycles. The van der Waals surface area contributed by atoms with Crippen LogP contribution in [0.25, 0.3) is 10.9 Å². The van der Waals surface area contributed by atoms with Crippen molar-refractivity contribution in [2.75, 3.05) is 40.0 Å². The summed E-state index contributed by atoms with van der Waals surface area (Å²) >= 11 is 0. The molecule has 0 spiro atoms. The number of sulfonamides is 1. The molecular formula is C22H30N4O4S. The van der Waals surface area contributed by atoms with E-state index in [4.69, 9.17) is 0 Å². The Balaban J connectivity index is 1.52. The summed E-state index contributed by atoms with van der Waals surface area (Å²) in [5.74, 6) is -0.171. The third-order valence-corrected chi connectivity index (χ3v) is 8.79. The number of aromatic nitrogens is 1. The Morgan fingerprint density at radius 1 is 1.26 bits per heavy atom. The quantitative estimate of drug-likeness (QED) is 0.769. The minimum Gasteiger partial charge on any atom is -0.361 e. The Morgan fingerprint density at radius 2 is 2.00 bits per heavy atom. The predicted octanol–water partition coefficient (Wildman–Crippen LogP) is 1.44.